The topological polar surface area (TPSA) is 67.4 Å². The molecule has 0 heterocycles. The third-order valence-electron chi connectivity index (χ3n) is 3.55. The van der Waals surface area contributed by atoms with E-state index in [1.807, 2.05) is 38.1 Å². The van der Waals surface area contributed by atoms with Crippen LogP contribution in [0.1, 0.15) is 29.8 Å². The lowest BCUT2D eigenvalue weighted by molar-refractivity contribution is -0.118. The van der Waals surface area contributed by atoms with E-state index in [2.05, 4.69) is 10.6 Å². The molecule has 0 spiro atoms. The molecule has 0 aromatic heterocycles. The lowest BCUT2D eigenvalue weighted by Gasteiger charge is -2.11. The van der Waals surface area contributed by atoms with Gasteiger partial charge in [0.15, 0.2) is 0 Å². The smallest absolute Gasteiger partial charge is 0.251 e. The van der Waals surface area contributed by atoms with Crippen LogP contribution >= 0.6 is 0 Å². The molecule has 0 saturated heterocycles. The summed E-state index contributed by atoms with van der Waals surface area (Å²) < 4.78 is 5.27. The number of carbonyl (C=O) groups is 2. The molecule has 2 aromatic rings. The third-order valence-corrected chi connectivity index (χ3v) is 3.55. The first-order valence-corrected chi connectivity index (χ1v) is 7.82. The predicted octanol–water partition coefficient (Wildman–Crippen LogP) is 3.22. The lowest BCUT2D eigenvalue weighted by atomic mass is 10.1. The van der Waals surface area contributed by atoms with Gasteiger partial charge in [0.05, 0.1) is 7.11 Å². The molecule has 0 aliphatic carbocycles. The van der Waals surface area contributed by atoms with Crippen molar-refractivity contribution in [3.8, 4) is 5.75 Å². The van der Waals surface area contributed by atoms with Crippen LogP contribution in [0.5, 0.6) is 5.75 Å². The number of rotatable bonds is 6. The second-order valence-corrected chi connectivity index (χ2v) is 5.72. The molecule has 2 N–H and O–H groups in total. The number of benzene rings is 2. The SMILES string of the molecule is COc1ccccc1CNC(=O)c1cccc(NC(=O)C(C)C)c1. The molecule has 5 nitrogen and oxygen atoms in total. The van der Waals surface area contributed by atoms with Gasteiger partial charge in [-0.2, -0.15) is 0 Å². The summed E-state index contributed by atoms with van der Waals surface area (Å²) in [7, 11) is 1.60. The molecule has 0 aliphatic rings. The molecule has 0 atom stereocenters. The number of ether oxygens (including phenoxy) is 1. The zero-order valence-electron chi connectivity index (χ0n) is 14.1. The van der Waals surface area contributed by atoms with Crippen LogP contribution in [0.2, 0.25) is 0 Å². The highest BCUT2D eigenvalue weighted by Gasteiger charge is 2.10. The average Bonchev–Trinajstić information content (AvgIpc) is 2.60. The van der Waals surface area contributed by atoms with Gasteiger partial charge in [0.25, 0.3) is 5.91 Å². The Morgan fingerprint density at radius 2 is 1.83 bits per heavy atom. The van der Waals surface area contributed by atoms with Gasteiger partial charge < -0.3 is 15.4 Å². The standard InChI is InChI=1S/C19H22N2O3/c1-13(2)18(22)21-16-9-6-8-14(11-16)19(23)20-12-15-7-4-5-10-17(15)24-3/h4-11,13H,12H2,1-3H3,(H,20,23)(H,21,22). The summed E-state index contributed by atoms with van der Waals surface area (Å²) in [6.07, 6.45) is 0. The van der Waals surface area contributed by atoms with E-state index in [0.717, 1.165) is 11.3 Å². The van der Waals surface area contributed by atoms with Gasteiger partial charge in [-0.1, -0.05) is 38.1 Å². The summed E-state index contributed by atoms with van der Waals surface area (Å²) in [6.45, 7) is 4.00. The first kappa shape index (κ1) is 17.5. The Balaban J connectivity index is 2.03. The fourth-order valence-electron chi connectivity index (χ4n) is 2.15. The molecule has 0 aliphatic heterocycles. The normalized spacial score (nSPS) is 10.3. The molecule has 0 saturated carbocycles. The van der Waals surface area contributed by atoms with E-state index < -0.39 is 0 Å². The van der Waals surface area contributed by atoms with Gasteiger partial charge in [-0.25, -0.2) is 0 Å². The quantitative estimate of drug-likeness (QED) is 0.856. The number of anilines is 1. The Labute approximate surface area is 142 Å². The van der Waals surface area contributed by atoms with E-state index in [-0.39, 0.29) is 17.7 Å². The van der Waals surface area contributed by atoms with Crippen molar-refractivity contribution in [1.82, 2.24) is 5.32 Å². The molecule has 0 unspecified atom stereocenters. The molecule has 2 amide bonds. The average molecular weight is 326 g/mol. The number of carbonyl (C=O) groups excluding carboxylic acids is 2. The zero-order chi connectivity index (χ0) is 17.5. The van der Waals surface area contributed by atoms with Crippen molar-refractivity contribution in [2.75, 3.05) is 12.4 Å². The number of hydrogen-bond acceptors (Lipinski definition) is 3. The van der Waals surface area contributed by atoms with Crippen molar-refractivity contribution in [1.29, 1.82) is 0 Å². The van der Waals surface area contributed by atoms with Gasteiger partial charge in [0, 0.05) is 29.3 Å². The zero-order valence-corrected chi connectivity index (χ0v) is 14.1. The summed E-state index contributed by atoms with van der Waals surface area (Å²) >= 11 is 0. The molecular weight excluding hydrogens is 304 g/mol. The Bertz CT molecular complexity index is 726. The molecule has 0 radical (unpaired) electrons. The number of nitrogens with one attached hydrogen (secondary N) is 2. The summed E-state index contributed by atoms with van der Waals surface area (Å²) in [4.78, 5) is 24.1. The van der Waals surface area contributed by atoms with Gasteiger partial charge in [-0.05, 0) is 24.3 Å². The second kappa shape index (κ2) is 8.15. The Hall–Kier alpha value is -2.82. The first-order valence-electron chi connectivity index (χ1n) is 7.82. The summed E-state index contributed by atoms with van der Waals surface area (Å²) in [6, 6.07) is 14.4. The number of para-hydroxylation sites is 1. The van der Waals surface area contributed by atoms with E-state index >= 15 is 0 Å². The number of hydrogen-bond donors (Lipinski definition) is 2. The highest BCUT2D eigenvalue weighted by molar-refractivity contribution is 5.97. The molecule has 0 bridgehead atoms. The van der Waals surface area contributed by atoms with Gasteiger partial charge in [0.2, 0.25) is 5.91 Å². The van der Waals surface area contributed by atoms with E-state index in [0.29, 0.717) is 17.8 Å². The Kier molecular flexibility index (Phi) is 5.95. The van der Waals surface area contributed by atoms with Crippen molar-refractivity contribution in [2.45, 2.75) is 20.4 Å². The minimum absolute atomic E-state index is 0.0819. The summed E-state index contributed by atoms with van der Waals surface area (Å²) in [5.41, 5.74) is 2.00. The maximum absolute atomic E-state index is 12.3. The van der Waals surface area contributed by atoms with Crippen LogP contribution in [0.3, 0.4) is 0 Å². The van der Waals surface area contributed by atoms with Crippen molar-refractivity contribution in [3.63, 3.8) is 0 Å². The molecule has 0 fully saturated rings. The van der Waals surface area contributed by atoms with Gasteiger partial charge in [-0.15, -0.1) is 0 Å². The third kappa shape index (κ3) is 4.59. The number of amides is 2. The van der Waals surface area contributed by atoms with Crippen molar-refractivity contribution in [2.24, 2.45) is 5.92 Å². The maximum Gasteiger partial charge on any atom is 0.251 e. The monoisotopic (exact) mass is 326 g/mol. The molecule has 24 heavy (non-hydrogen) atoms. The van der Waals surface area contributed by atoms with Crippen LogP contribution < -0.4 is 15.4 Å². The predicted molar refractivity (Wildman–Crippen MR) is 94.1 cm³/mol. The van der Waals surface area contributed by atoms with Crippen LogP contribution in [0.4, 0.5) is 5.69 Å². The van der Waals surface area contributed by atoms with Crippen LogP contribution in [-0.2, 0) is 11.3 Å². The molecular formula is C19H22N2O3. The second-order valence-electron chi connectivity index (χ2n) is 5.72. The lowest BCUT2D eigenvalue weighted by Crippen LogP contribution is -2.23. The van der Waals surface area contributed by atoms with E-state index in [4.69, 9.17) is 4.74 Å². The van der Waals surface area contributed by atoms with Crippen molar-refractivity contribution in [3.05, 3.63) is 59.7 Å². The van der Waals surface area contributed by atoms with Gasteiger partial charge in [-0.3, -0.25) is 9.59 Å². The Morgan fingerprint density at radius 3 is 2.54 bits per heavy atom. The van der Waals surface area contributed by atoms with E-state index in [1.54, 1.807) is 31.4 Å². The maximum atomic E-state index is 12.3. The van der Waals surface area contributed by atoms with Crippen LogP contribution in [0.25, 0.3) is 0 Å². The van der Waals surface area contributed by atoms with Crippen molar-refractivity contribution >= 4 is 17.5 Å². The molecule has 126 valence electrons. The number of methoxy groups -OCH3 is 1. The van der Waals surface area contributed by atoms with Crippen LogP contribution in [0.15, 0.2) is 48.5 Å². The Morgan fingerprint density at radius 1 is 1.08 bits per heavy atom. The highest BCUT2D eigenvalue weighted by atomic mass is 16.5. The highest BCUT2D eigenvalue weighted by Crippen LogP contribution is 2.17. The summed E-state index contributed by atoms with van der Waals surface area (Å²) in [5.74, 6) is 0.326. The van der Waals surface area contributed by atoms with E-state index in [9.17, 15) is 9.59 Å². The van der Waals surface area contributed by atoms with Gasteiger partial charge in [0.1, 0.15) is 5.75 Å². The van der Waals surface area contributed by atoms with E-state index in [1.165, 1.54) is 0 Å². The molecule has 2 aromatic carbocycles. The summed E-state index contributed by atoms with van der Waals surface area (Å²) in [5, 5.41) is 5.65. The minimum Gasteiger partial charge on any atom is -0.496 e. The first-order chi connectivity index (χ1) is 11.5. The molecule has 2 rings (SSSR count). The largest absolute Gasteiger partial charge is 0.496 e. The van der Waals surface area contributed by atoms with Crippen LogP contribution in [0, 0.1) is 5.92 Å². The van der Waals surface area contributed by atoms with Gasteiger partial charge >= 0.3 is 0 Å². The van der Waals surface area contributed by atoms with Crippen molar-refractivity contribution < 1.29 is 14.3 Å². The fraction of sp³-hybridized carbons (Fsp3) is 0.263. The minimum atomic E-state index is -0.207. The molecule has 5 heteroatoms. The van der Waals surface area contributed by atoms with Crippen LogP contribution in [-0.4, -0.2) is 18.9 Å². The fourth-order valence-corrected chi connectivity index (χ4v) is 2.15.